The highest BCUT2D eigenvalue weighted by Crippen LogP contribution is 2.27. The number of rotatable bonds is 3. The van der Waals surface area contributed by atoms with Gasteiger partial charge in [0, 0.05) is 18.3 Å². The quantitative estimate of drug-likeness (QED) is 0.904. The molecule has 18 heavy (non-hydrogen) atoms. The Morgan fingerprint density at radius 2 is 2.11 bits per heavy atom. The molecule has 0 fully saturated rings. The lowest BCUT2D eigenvalue weighted by atomic mass is 10.2. The number of anilines is 3. The van der Waals surface area contributed by atoms with Crippen LogP contribution in [0.15, 0.2) is 30.6 Å². The van der Waals surface area contributed by atoms with Crippen LogP contribution in [-0.2, 0) is 6.42 Å². The van der Waals surface area contributed by atoms with Gasteiger partial charge in [-0.15, -0.1) is 0 Å². The first-order chi connectivity index (χ1) is 8.63. The fourth-order valence-corrected chi connectivity index (χ4v) is 1.85. The van der Waals surface area contributed by atoms with Gasteiger partial charge in [0.2, 0.25) is 0 Å². The minimum Gasteiger partial charge on any atom is -0.383 e. The van der Waals surface area contributed by atoms with Crippen LogP contribution < -0.4 is 10.6 Å². The summed E-state index contributed by atoms with van der Waals surface area (Å²) in [4.78, 5) is 10.0. The Labute approximate surface area is 105 Å². The Hall–Kier alpha value is -2.17. The minimum absolute atomic E-state index is 0.278. The van der Waals surface area contributed by atoms with Crippen molar-refractivity contribution in [3.05, 3.63) is 42.0 Å². The van der Waals surface area contributed by atoms with Crippen molar-refractivity contribution < 1.29 is 4.39 Å². The summed E-state index contributed by atoms with van der Waals surface area (Å²) in [6.07, 6.45) is 2.14. The molecule has 0 saturated carbocycles. The molecule has 5 heteroatoms. The Bertz CT molecular complexity index is 556. The maximum Gasteiger partial charge on any atom is 0.141 e. The van der Waals surface area contributed by atoms with E-state index in [-0.39, 0.29) is 5.82 Å². The molecule has 1 aromatic carbocycles. The van der Waals surface area contributed by atoms with Gasteiger partial charge in [-0.3, -0.25) is 0 Å². The standard InChI is InChI=1S/C13H15FN4/c1-3-11-12(15)16-8-17-13(11)18(2)10-6-4-5-9(14)7-10/h4-8H,3H2,1-2H3,(H2,15,16,17). The van der Waals surface area contributed by atoms with Crippen LogP contribution in [0.1, 0.15) is 12.5 Å². The number of hydrogen-bond acceptors (Lipinski definition) is 4. The molecule has 1 aromatic heterocycles. The lowest BCUT2D eigenvalue weighted by molar-refractivity contribution is 0.628. The molecule has 94 valence electrons. The molecule has 0 atom stereocenters. The van der Waals surface area contributed by atoms with Crippen molar-refractivity contribution in [1.29, 1.82) is 0 Å². The maximum atomic E-state index is 13.2. The van der Waals surface area contributed by atoms with Gasteiger partial charge in [-0.1, -0.05) is 13.0 Å². The van der Waals surface area contributed by atoms with Crippen molar-refractivity contribution >= 4 is 17.3 Å². The molecule has 0 saturated heterocycles. The van der Waals surface area contributed by atoms with Gasteiger partial charge in [0.05, 0.1) is 0 Å². The van der Waals surface area contributed by atoms with Crippen LogP contribution in [0.3, 0.4) is 0 Å². The van der Waals surface area contributed by atoms with Crippen LogP contribution in [0.25, 0.3) is 0 Å². The SMILES string of the molecule is CCc1c(N)ncnc1N(C)c1cccc(F)c1. The van der Waals surface area contributed by atoms with Gasteiger partial charge in [-0.25, -0.2) is 14.4 Å². The van der Waals surface area contributed by atoms with E-state index in [1.54, 1.807) is 11.0 Å². The van der Waals surface area contributed by atoms with Crippen LogP contribution >= 0.6 is 0 Å². The second-order valence-corrected chi connectivity index (χ2v) is 3.95. The molecule has 0 aliphatic rings. The molecule has 1 heterocycles. The van der Waals surface area contributed by atoms with E-state index in [4.69, 9.17) is 5.73 Å². The average molecular weight is 246 g/mol. The van der Waals surface area contributed by atoms with Gasteiger partial charge >= 0.3 is 0 Å². The normalized spacial score (nSPS) is 10.4. The van der Waals surface area contributed by atoms with E-state index >= 15 is 0 Å². The third-order valence-electron chi connectivity index (χ3n) is 2.82. The van der Waals surface area contributed by atoms with Gasteiger partial charge in [-0.2, -0.15) is 0 Å². The van der Waals surface area contributed by atoms with E-state index < -0.39 is 0 Å². The molecule has 0 aliphatic heterocycles. The molecule has 4 nitrogen and oxygen atoms in total. The fourth-order valence-electron chi connectivity index (χ4n) is 1.85. The third-order valence-corrected chi connectivity index (χ3v) is 2.82. The molecule has 0 radical (unpaired) electrons. The van der Waals surface area contributed by atoms with Crippen LogP contribution in [0, 0.1) is 5.82 Å². The summed E-state index contributed by atoms with van der Waals surface area (Å²) < 4.78 is 13.2. The molecule has 0 bridgehead atoms. The van der Waals surface area contributed by atoms with Crippen LogP contribution in [0.5, 0.6) is 0 Å². The summed E-state index contributed by atoms with van der Waals surface area (Å²) in [5.74, 6) is 0.890. The van der Waals surface area contributed by atoms with Crippen molar-refractivity contribution in [2.45, 2.75) is 13.3 Å². The van der Waals surface area contributed by atoms with Gasteiger partial charge in [-0.05, 0) is 24.6 Å². The zero-order valence-corrected chi connectivity index (χ0v) is 10.4. The maximum absolute atomic E-state index is 13.2. The highest BCUT2D eigenvalue weighted by molar-refractivity contribution is 5.65. The number of nitrogen functional groups attached to an aromatic ring is 1. The second-order valence-electron chi connectivity index (χ2n) is 3.95. The van der Waals surface area contributed by atoms with E-state index in [1.165, 1.54) is 18.5 Å². The summed E-state index contributed by atoms with van der Waals surface area (Å²) in [7, 11) is 1.83. The highest BCUT2D eigenvalue weighted by atomic mass is 19.1. The lowest BCUT2D eigenvalue weighted by Gasteiger charge is -2.21. The summed E-state index contributed by atoms with van der Waals surface area (Å²) in [5.41, 5.74) is 7.42. The average Bonchev–Trinajstić information content (AvgIpc) is 2.37. The minimum atomic E-state index is -0.278. The van der Waals surface area contributed by atoms with Gasteiger partial charge < -0.3 is 10.6 Å². The van der Waals surface area contributed by atoms with Crippen LogP contribution in [-0.4, -0.2) is 17.0 Å². The van der Waals surface area contributed by atoms with Crippen LogP contribution in [0.4, 0.5) is 21.7 Å². The largest absolute Gasteiger partial charge is 0.383 e. The zero-order valence-electron chi connectivity index (χ0n) is 10.4. The topological polar surface area (TPSA) is 55.0 Å². The van der Waals surface area contributed by atoms with Crippen molar-refractivity contribution in [3.8, 4) is 0 Å². The van der Waals surface area contributed by atoms with E-state index in [1.807, 2.05) is 20.0 Å². The first-order valence-corrected chi connectivity index (χ1v) is 5.72. The summed E-state index contributed by atoms with van der Waals surface area (Å²) in [6.45, 7) is 1.98. The first kappa shape index (κ1) is 12.3. The van der Waals surface area contributed by atoms with Crippen molar-refractivity contribution in [2.75, 3.05) is 17.7 Å². The van der Waals surface area contributed by atoms with Gasteiger partial charge in [0.25, 0.3) is 0 Å². The molecule has 2 N–H and O–H groups in total. The zero-order chi connectivity index (χ0) is 13.1. The lowest BCUT2D eigenvalue weighted by Crippen LogP contribution is -2.15. The van der Waals surface area contributed by atoms with E-state index in [9.17, 15) is 4.39 Å². The smallest absolute Gasteiger partial charge is 0.141 e. The molecule has 2 aromatic rings. The second kappa shape index (κ2) is 5.00. The van der Waals surface area contributed by atoms with E-state index in [2.05, 4.69) is 9.97 Å². The number of nitrogens with zero attached hydrogens (tertiary/aromatic N) is 3. The fraction of sp³-hybridized carbons (Fsp3) is 0.231. The molecule has 0 unspecified atom stereocenters. The molecule has 0 aliphatic carbocycles. The number of halogens is 1. The van der Waals surface area contributed by atoms with E-state index in [0.29, 0.717) is 11.6 Å². The highest BCUT2D eigenvalue weighted by Gasteiger charge is 2.13. The Kier molecular flexibility index (Phi) is 3.41. The Balaban J connectivity index is 2.46. The van der Waals surface area contributed by atoms with Crippen LogP contribution in [0.2, 0.25) is 0 Å². The number of aromatic nitrogens is 2. The Morgan fingerprint density at radius 1 is 1.33 bits per heavy atom. The summed E-state index contributed by atoms with van der Waals surface area (Å²) in [6, 6.07) is 6.35. The van der Waals surface area contributed by atoms with E-state index in [0.717, 1.165) is 17.7 Å². The molecule has 0 amide bonds. The number of nitrogens with two attached hydrogens (primary N) is 1. The summed E-state index contributed by atoms with van der Waals surface area (Å²) in [5, 5.41) is 0. The summed E-state index contributed by atoms with van der Waals surface area (Å²) >= 11 is 0. The number of hydrogen-bond donors (Lipinski definition) is 1. The molecule has 2 rings (SSSR count). The van der Waals surface area contributed by atoms with Crippen molar-refractivity contribution in [2.24, 2.45) is 0 Å². The Morgan fingerprint density at radius 3 is 2.78 bits per heavy atom. The predicted molar refractivity (Wildman–Crippen MR) is 70.3 cm³/mol. The molecular formula is C13H15FN4. The molecular weight excluding hydrogens is 231 g/mol. The monoisotopic (exact) mass is 246 g/mol. The molecule has 0 spiro atoms. The van der Waals surface area contributed by atoms with Gasteiger partial charge in [0.15, 0.2) is 0 Å². The first-order valence-electron chi connectivity index (χ1n) is 5.72. The van der Waals surface area contributed by atoms with Crippen molar-refractivity contribution in [3.63, 3.8) is 0 Å². The third kappa shape index (κ3) is 2.25. The predicted octanol–water partition coefficient (Wildman–Crippen LogP) is 2.53. The van der Waals surface area contributed by atoms with Gasteiger partial charge in [0.1, 0.15) is 23.8 Å². The van der Waals surface area contributed by atoms with Crippen molar-refractivity contribution in [1.82, 2.24) is 9.97 Å². The number of benzene rings is 1.